The lowest BCUT2D eigenvalue weighted by Gasteiger charge is -2.19. The van der Waals surface area contributed by atoms with Gasteiger partial charge >= 0.3 is 5.97 Å². The number of benzene rings is 1. The number of hydrogen-bond donors (Lipinski definition) is 1. The number of anilines is 1. The molecule has 2 aromatic heterocycles. The van der Waals surface area contributed by atoms with Gasteiger partial charge in [-0.3, -0.25) is 4.40 Å². The molecule has 0 amide bonds. The van der Waals surface area contributed by atoms with Crippen molar-refractivity contribution in [2.45, 2.75) is 13.5 Å². The van der Waals surface area contributed by atoms with Crippen molar-refractivity contribution in [1.82, 2.24) is 9.38 Å². The van der Waals surface area contributed by atoms with E-state index in [2.05, 4.69) is 24.0 Å². The molecule has 1 aromatic carbocycles. The van der Waals surface area contributed by atoms with E-state index in [9.17, 15) is 4.79 Å². The van der Waals surface area contributed by atoms with Crippen LogP contribution in [0.3, 0.4) is 0 Å². The van der Waals surface area contributed by atoms with Gasteiger partial charge in [0.15, 0.2) is 10.8 Å². The van der Waals surface area contributed by atoms with Crippen LogP contribution in [0.1, 0.15) is 16.8 Å². The highest BCUT2D eigenvalue weighted by Gasteiger charge is 2.15. The Balaban J connectivity index is 1.98. The molecule has 1 N–H and O–H groups in total. The maximum absolute atomic E-state index is 10.9. The first-order valence-electron chi connectivity index (χ1n) is 7.18. The van der Waals surface area contributed by atoms with Crippen molar-refractivity contribution >= 4 is 34.2 Å². The summed E-state index contributed by atoms with van der Waals surface area (Å²) in [5, 5.41) is 10.8. The van der Waals surface area contributed by atoms with Crippen LogP contribution < -0.4 is 4.90 Å². The molecule has 3 rings (SSSR count). The van der Waals surface area contributed by atoms with Crippen LogP contribution in [-0.2, 0) is 11.3 Å². The number of fused-ring (bicyclic) bond motifs is 1. The molecule has 0 aliphatic heterocycles. The average Bonchev–Trinajstić information content (AvgIpc) is 3.08. The van der Waals surface area contributed by atoms with Crippen molar-refractivity contribution in [3.8, 4) is 0 Å². The monoisotopic (exact) mass is 327 g/mol. The second-order valence-corrected chi connectivity index (χ2v) is 6.20. The molecular formula is C17H17N3O2S. The fraction of sp³-hybridized carbons (Fsp3) is 0.176. The Bertz CT molecular complexity index is 879. The molecular weight excluding hydrogens is 310 g/mol. The summed E-state index contributed by atoms with van der Waals surface area (Å²) in [4.78, 5) is 18.4. The normalized spacial score (nSPS) is 11.4. The van der Waals surface area contributed by atoms with Gasteiger partial charge in [-0.2, -0.15) is 0 Å². The van der Waals surface area contributed by atoms with E-state index in [1.54, 1.807) is 6.08 Å². The van der Waals surface area contributed by atoms with Crippen LogP contribution in [0.15, 0.2) is 41.9 Å². The third-order valence-corrected chi connectivity index (χ3v) is 4.45. The quantitative estimate of drug-likeness (QED) is 0.729. The number of aromatic nitrogens is 2. The number of hydrogen-bond acceptors (Lipinski definition) is 4. The summed E-state index contributed by atoms with van der Waals surface area (Å²) in [6.45, 7) is 2.80. The molecule has 3 aromatic rings. The van der Waals surface area contributed by atoms with Crippen molar-refractivity contribution < 1.29 is 9.90 Å². The number of thiazole rings is 1. The van der Waals surface area contributed by atoms with Crippen LogP contribution in [0.4, 0.5) is 5.82 Å². The van der Waals surface area contributed by atoms with Crippen molar-refractivity contribution in [1.29, 1.82) is 0 Å². The fourth-order valence-corrected chi connectivity index (χ4v) is 3.21. The first kappa shape index (κ1) is 15.3. The van der Waals surface area contributed by atoms with Crippen molar-refractivity contribution in [3.63, 3.8) is 0 Å². The molecule has 0 saturated carbocycles. The zero-order valence-corrected chi connectivity index (χ0v) is 13.7. The van der Waals surface area contributed by atoms with Gasteiger partial charge < -0.3 is 10.0 Å². The third kappa shape index (κ3) is 3.12. The molecule has 0 radical (unpaired) electrons. The van der Waals surface area contributed by atoms with E-state index in [-0.39, 0.29) is 0 Å². The van der Waals surface area contributed by atoms with E-state index in [1.165, 1.54) is 22.5 Å². The summed E-state index contributed by atoms with van der Waals surface area (Å²) < 4.78 is 1.91. The number of aryl methyl sites for hydroxylation is 1. The number of aliphatic carboxylic acids is 1. The van der Waals surface area contributed by atoms with E-state index in [4.69, 9.17) is 5.11 Å². The van der Waals surface area contributed by atoms with Crippen LogP contribution in [0.2, 0.25) is 0 Å². The van der Waals surface area contributed by atoms with Gasteiger partial charge in [0, 0.05) is 31.2 Å². The molecule has 6 heteroatoms. The topological polar surface area (TPSA) is 57.8 Å². The van der Waals surface area contributed by atoms with E-state index >= 15 is 0 Å². The lowest BCUT2D eigenvalue weighted by molar-refractivity contribution is -0.131. The lowest BCUT2D eigenvalue weighted by atomic mass is 10.1. The van der Waals surface area contributed by atoms with Crippen LogP contribution in [-0.4, -0.2) is 27.5 Å². The minimum Gasteiger partial charge on any atom is -0.478 e. The Morgan fingerprint density at radius 2 is 2.22 bits per heavy atom. The van der Waals surface area contributed by atoms with Gasteiger partial charge in [-0.1, -0.05) is 24.3 Å². The second-order valence-electron chi connectivity index (χ2n) is 5.33. The Kier molecular flexibility index (Phi) is 4.16. The smallest absolute Gasteiger partial charge is 0.328 e. The molecule has 0 atom stereocenters. The van der Waals surface area contributed by atoms with Gasteiger partial charge in [0.25, 0.3) is 0 Å². The zero-order valence-electron chi connectivity index (χ0n) is 12.9. The van der Waals surface area contributed by atoms with Crippen LogP contribution >= 0.6 is 11.3 Å². The predicted octanol–water partition coefficient (Wildman–Crippen LogP) is 3.44. The number of carboxylic acid groups (broad SMARTS) is 1. The van der Waals surface area contributed by atoms with Gasteiger partial charge in [0.05, 0.1) is 5.69 Å². The van der Waals surface area contributed by atoms with Crippen LogP contribution in [0.25, 0.3) is 11.0 Å². The summed E-state index contributed by atoms with van der Waals surface area (Å²) in [5.41, 5.74) is 3.22. The first-order valence-corrected chi connectivity index (χ1v) is 8.06. The molecule has 0 saturated heterocycles. The Morgan fingerprint density at radius 3 is 2.96 bits per heavy atom. The molecule has 0 aliphatic carbocycles. The molecule has 0 spiro atoms. The minimum atomic E-state index is -0.970. The van der Waals surface area contributed by atoms with Gasteiger partial charge in [0.2, 0.25) is 0 Å². The highest BCUT2D eigenvalue weighted by atomic mass is 32.1. The number of imidazole rings is 1. The Labute approximate surface area is 138 Å². The molecule has 0 unspecified atom stereocenters. The predicted molar refractivity (Wildman–Crippen MR) is 93.0 cm³/mol. The van der Waals surface area contributed by atoms with Gasteiger partial charge in [0.1, 0.15) is 0 Å². The van der Waals surface area contributed by atoms with Crippen molar-refractivity contribution in [3.05, 3.63) is 58.7 Å². The van der Waals surface area contributed by atoms with E-state index < -0.39 is 5.97 Å². The molecule has 23 heavy (non-hydrogen) atoms. The fourth-order valence-electron chi connectivity index (χ4n) is 2.50. The number of carboxylic acids is 1. The molecule has 0 fully saturated rings. The summed E-state index contributed by atoms with van der Waals surface area (Å²) in [6.07, 6.45) is 4.64. The number of rotatable bonds is 5. The highest BCUT2D eigenvalue weighted by molar-refractivity contribution is 7.15. The Hall–Kier alpha value is -2.60. The zero-order chi connectivity index (χ0) is 16.4. The molecule has 0 aliphatic rings. The molecule has 0 bridgehead atoms. The Morgan fingerprint density at radius 1 is 1.43 bits per heavy atom. The first-order chi connectivity index (χ1) is 11.1. The minimum absolute atomic E-state index is 0.714. The standard InChI is InChI=1S/C17H17N3O2S/c1-12-5-3-4-6-13(12)11-19(2)16-14(7-8-15(21)22)20-9-10-23-17(20)18-16/h3-10H,11H2,1-2H3,(H,21,22). The van der Waals surface area contributed by atoms with Crippen molar-refractivity contribution in [2.24, 2.45) is 0 Å². The second kappa shape index (κ2) is 6.26. The third-order valence-electron chi connectivity index (χ3n) is 3.69. The van der Waals surface area contributed by atoms with E-state index in [0.29, 0.717) is 6.54 Å². The van der Waals surface area contributed by atoms with Crippen LogP contribution in [0, 0.1) is 6.92 Å². The molecule has 118 valence electrons. The summed E-state index contributed by atoms with van der Waals surface area (Å²) in [7, 11) is 1.97. The average molecular weight is 327 g/mol. The number of nitrogens with zero attached hydrogens (tertiary/aromatic N) is 3. The summed E-state index contributed by atoms with van der Waals surface area (Å²) in [5.74, 6) is -0.194. The van der Waals surface area contributed by atoms with Crippen LogP contribution in [0.5, 0.6) is 0 Å². The summed E-state index contributed by atoms with van der Waals surface area (Å²) >= 11 is 1.53. The van der Waals surface area contributed by atoms with Gasteiger partial charge in [-0.25, -0.2) is 9.78 Å². The maximum atomic E-state index is 10.9. The summed E-state index contributed by atoms with van der Waals surface area (Å²) in [6, 6.07) is 8.22. The van der Waals surface area contributed by atoms with Gasteiger partial charge in [-0.15, -0.1) is 11.3 Å². The largest absolute Gasteiger partial charge is 0.478 e. The van der Waals surface area contributed by atoms with Crippen molar-refractivity contribution in [2.75, 3.05) is 11.9 Å². The lowest BCUT2D eigenvalue weighted by Crippen LogP contribution is -2.18. The molecule has 2 heterocycles. The highest BCUT2D eigenvalue weighted by Crippen LogP contribution is 2.26. The van der Waals surface area contributed by atoms with E-state index in [0.717, 1.165) is 22.5 Å². The SMILES string of the molecule is Cc1ccccc1CN(C)c1nc2sccn2c1C=CC(=O)O. The number of carbonyl (C=O) groups is 1. The van der Waals surface area contributed by atoms with Gasteiger partial charge in [-0.05, 0) is 24.1 Å². The van der Waals surface area contributed by atoms with E-state index in [1.807, 2.05) is 40.1 Å². The molecule has 5 nitrogen and oxygen atoms in total. The maximum Gasteiger partial charge on any atom is 0.328 e.